The second-order valence-electron chi connectivity index (χ2n) is 3.30. The van der Waals surface area contributed by atoms with Crippen molar-refractivity contribution in [2.24, 2.45) is 5.92 Å². The lowest BCUT2D eigenvalue weighted by atomic mass is 9.85. The molecule has 0 saturated heterocycles. The number of thiol groups is 1. The Bertz CT molecular complexity index is 126. The minimum absolute atomic E-state index is 0.0220. The molecule has 1 saturated carbocycles. The summed E-state index contributed by atoms with van der Waals surface area (Å²) in [6.07, 6.45) is 7.56. The maximum atomic E-state index is 9.22. The van der Waals surface area contributed by atoms with Crippen LogP contribution in [0.4, 0.5) is 0 Å². The second kappa shape index (κ2) is 4.83. The lowest BCUT2D eigenvalue weighted by Gasteiger charge is -2.24. The third-order valence-corrected chi connectivity index (χ3v) is 2.60. The van der Waals surface area contributed by atoms with E-state index in [1.165, 1.54) is 12.8 Å². The Morgan fingerprint density at radius 2 is 1.91 bits per heavy atom. The maximum Gasteiger partial charge on any atom is 0.0540 e. The van der Waals surface area contributed by atoms with Gasteiger partial charge in [0.1, 0.15) is 0 Å². The number of hydrogen-bond acceptors (Lipinski definition) is 2. The van der Waals surface area contributed by atoms with Crippen LogP contribution in [-0.2, 0) is 0 Å². The SMILES string of the molecule is OC1CCC(C/C=C/S)CC1. The highest BCUT2D eigenvalue weighted by molar-refractivity contribution is 7.83. The van der Waals surface area contributed by atoms with Gasteiger partial charge >= 0.3 is 0 Å². The lowest BCUT2D eigenvalue weighted by Crippen LogP contribution is -2.17. The molecular formula is C9H16OS. The van der Waals surface area contributed by atoms with Crippen LogP contribution < -0.4 is 0 Å². The molecule has 1 rings (SSSR count). The predicted molar refractivity (Wildman–Crippen MR) is 50.7 cm³/mol. The number of rotatable bonds is 2. The zero-order chi connectivity index (χ0) is 8.10. The third-order valence-electron chi connectivity index (χ3n) is 2.39. The summed E-state index contributed by atoms with van der Waals surface area (Å²) >= 11 is 4.01. The second-order valence-corrected chi connectivity index (χ2v) is 3.59. The molecule has 0 heterocycles. The quantitative estimate of drug-likeness (QED) is 0.613. The zero-order valence-electron chi connectivity index (χ0n) is 6.74. The Balaban J connectivity index is 2.17. The zero-order valence-corrected chi connectivity index (χ0v) is 7.63. The van der Waals surface area contributed by atoms with Crippen molar-refractivity contribution < 1.29 is 5.11 Å². The summed E-state index contributed by atoms with van der Waals surface area (Å²) in [7, 11) is 0. The van der Waals surface area contributed by atoms with E-state index >= 15 is 0 Å². The fraction of sp³-hybridized carbons (Fsp3) is 0.778. The molecule has 1 fully saturated rings. The van der Waals surface area contributed by atoms with E-state index in [-0.39, 0.29) is 6.10 Å². The molecule has 1 N–H and O–H groups in total. The van der Waals surface area contributed by atoms with Crippen LogP contribution in [0.25, 0.3) is 0 Å². The third kappa shape index (κ3) is 3.30. The molecule has 11 heavy (non-hydrogen) atoms. The van der Waals surface area contributed by atoms with Crippen molar-refractivity contribution in [3.8, 4) is 0 Å². The van der Waals surface area contributed by atoms with Crippen LogP contribution in [0.15, 0.2) is 11.5 Å². The first-order valence-corrected chi connectivity index (χ1v) is 4.82. The Morgan fingerprint density at radius 1 is 1.27 bits per heavy atom. The number of allylic oxidation sites excluding steroid dienone is 1. The topological polar surface area (TPSA) is 20.2 Å². The van der Waals surface area contributed by atoms with E-state index in [1.54, 1.807) is 0 Å². The fourth-order valence-corrected chi connectivity index (χ4v) is 1.76. The molecule has 0 amide bonds. The molecule has 2 heteroatoms. The first kappa shape index (κ1) is 9.14. The van der Waals surface area contributed by atoms with E-state index < -0.39 is 0 Å². The van der Waals surface area contributed by atoms with Crippen LogP contribution in [0, 0.1) is 5.92 Å². The molecule has 0 aromatic rings. The minimum Gasteiger partial charge on any atom is -0.393 e. The van der Waals surface area contributed by atoms with Gasteiger partial charge < -0.3 is 5.11 Å². The van der Waals surface area contributed by atoms with E-state index in [0.29, 0.717) is 0 Å². The van der Waals surface area contributed by atoms with Gasteiger partial charge in [-0.05, 0) is 43.4 Å². The fourth-order valence-electron chi connectivity index (χ4n) is 1.63. The summed E-state index contributed by atoms with van der Waals surface area (Å²) in [5.41, 5.74) is 0. The largest absolute Gasteiger partial charge is 0.393 e. The average Bonchev–Trinajstić information content (AvgIpc) is 2.04. The monoisotopic (exact) mass is 172 g/mol. The van der Waals surface area contributed by atoms with Gasteiger partial charge in [-0.25, -0.2) is 0 Å². The predicted octanol–water partition coefficient (Wildman–Crippen LogP) is 2.37. The Hall–Kier alpha value is 0.0500. The summed E-state index contributed by atoms with van der Waals surface area (Å²) in [6, 6.07) is 0. The van der Waals surface area contributed by atoms with Crippen LogP contribution in [0.1, 0.15) is 32.1 Å². The van der Waals surface area contributed by atoms with Crippen molar-refractivity contribution in [2.75, 3.05) is 0 Å². The Morgan fingerprint density at radius 3 is 2.45 bits per heavy atom. The first-order valence-electron chi connectivity index (χ1n) is 4.30. The molecule has 0 radical (unpaired) electrons. The van der Waals surface area contributed by atoms with Crippen LogP contribution in [0.3, 0.4) is 0 Å². The van der Waals surface area contributed by atoms with Crippen LogP contribution in [0.5, 0.6) is 0 Å². The van der Waals surface area contributed by atoms with Crippen molar-refractivity contribution in [3.63, 3.8) is 0 Å². The molecular weight excluding hydrogens is 156 g/mol. The van der Waals surface area contributed by atoms with E-state index in [9.17, 15) is 5.11 Å². The van der Waals surface area contributed by atoms with Gasteiger partial charge in [0.25, 0.3) is 0 Å². The molecule has 0 aliphatic heterocycles. The summed E-state index contributed by atoms with van der Waals surface area (Å²) in [4.78, 5) is 0. The first-order chi connectivity index (χ1) is 5.33. The molecule has 0 aromatic heterocycles. The van der Waals surface area contributed by atoms with Crippen molar-refractivity contribution >= 4 is 12.6 Å². The highest BCUT2D eigenvalue weighted by Crippen LogP contribution is 2.26. The molecule has 0 aromatic carbocycles. The van der Waals surface area contributed by atoms with Gasteiger partial charge in [-0.1, -0.05) is 6.08 Å². The van der Waals surface area contributed by atoms with Gasteiger partial charge in [0.05, 0.1) is 6.10 Å². The molecule has 64 valence electrons. The highest BCUT2D eigenvalue weighted by Gasteiger charge is 2.17. The van der Waals surface area contributed by atoms with E-state index in [0.717, 1.165) is 25.2 Å². The van der Waals surface area contributed by atoms with E-state index in [2.05, 4.69) is 18.7 Å². The van der Waals surface area contributed by atoms with Crippen LogP contribution in [-0.4, -0.2) is 11.2 Å². The van der Waals surface area contributed by atoms with Crippen molar-refractivity contribution in [3.05, 3.63) is 11.5 Å². The Labute approximate surface area is 73.9 Å². The summed E-state index contributed by atoms with van der Waals surface area (Å²) < 4.78 is 0. The van der Waals surface area contributed by atoms with Crippen LogP contribution in [0.2, 0.25) is 0 Å². The highest BCUT2D eigenvalue weighted by atomic mass is 32.1. The average molecular weight is 172 g/mol. The molecule has 0 bridgehead atoms. The normalized spacial score (nSPS) is 32.9. The molecule has 1 nitrogen and oxygen atoms in total. The minimum atomic E-state index is -0.0220. The van der Waals surface area contributed by atoms with E-state index in [4.69, 9.17) is 0 Å². The van der Waals surface area contributed by atoms with Crippen molar-refractivity contribution in [2.45, 2.75) is 38.2 Å². The summed E-state index contributed by atoms with van der Waals surface area (Å²) in [6.45, 7) is 0. The standard InChI is InChI=1S/C9H16OS/c10-9-5-3-8(4-6-9)2-1-7-11/h1,7-11H,2-6H2/b7-1+. The van der Waals surface area contributed by atoms with E-state index in [1.807, 2.05) is 5.41 Å². The van der Waals surface area contributed by atoms with Gasteiger partial charge in [0.15, 0.2) is 0 Å². The Kier molecular flexibility index (Phi) is 4.02. The van der Waals surface area contributed by atoms with Crippen molar-refractivity contribution in [1.82, 2.24) is 0 Å². The smallest absolute Gasteiger partial charge is 0.0540 e. The molecule has 0 spiro atoms. The maximum absolute atomic E-state index is 9.22. The number of hydrogen-bond donors (Lipinski definition) is 2. The molecule has 1 aliphatic rings. The van der Waals surface area contributed by atoms with Gasteiger partial charge in [-0.3, -0.25) is 0 Å². The summed E-state index contributed by atoms with van der Waals surface area (Å²) in [5, 5.41) is 11.0. The summed E-state index contributed by atoms with van der Waals surface area (Å²) in [5.74, 6) is 0.793. The van der Waals surface area contributed by atoms with Crippen LogP contribution >= 0.6 is 12.6 Å². The number of aliphatic hydroxyl groups is 1. The number of aliphatic hydroxyl groups excluding tert-OH is 1. The van der Waals surface area contributed by atoms with Crippen molar-refractivity contribution in [1.29, 1.82) is 0 Å². The molecule has 0 atom stereocenters. The van der Waals surface area contributed by atoms with Gasteiger partial charge in [0, 0.05) is 0 Å². The lowest BCUT2D eigenvalue weighted by molar-refractivity contribution is 0.109. The van der Waals surface area contributed by atoms with Gasteiger partial charge in [-0.15, -0.1) is 0 Å². The van der Waals surface area contributed by atoms with Gasteiger partial charge in [-0.2, -0.15) is 12.6 Å². The molecule has 0 unspecified atom stereocenters. The molecule has 1 aliphatic carbocycles. The van der Waals surface area contributed by atoms with Gasteiger partial charge in [0.2, 0.25) is 0 Å².